The van der Waals surface area contributed by atoms with Crippen molar-refractivity contribution < 1.29 is 9.53 Å². The van der Waals surface area contributed by atoms with Crippen molar-refractivity contribution in [3.8, 4) is 5.75 Å². The Morgan fingerprint density at radius 2 is 2.19 bits per heavy atom. The number of methoxy groups -OCH3 is 1. The van der Waals surface area contributed by atoms with Gasteiger partial charge in [0.25, 0.3) is 5.91 Å². The molecule has 0 spiro atoms. The highest BCUT2D eigenvalue weighted by molar-refractivity contribution is 7.16. The van der Waals surface area contributed by atoms with Crippen molar-refractivity contribution in [1.82, 2.24) is 9.88 Å². The van der Waals surface area contributed by atoms with E-state index in [4.69, 9.17) is 4.74 Å². The molecule has 1 amide bonds. The van der Waals surface area contributed by atoms with Crippen LogP contribution in [0.4, 0.5) is 0 Å². The van der Waals surface area contributed by atoms with E-state index in [2.05, 4.69) is 27.4 Å². The highest BCUT2D eigenvalue weighted by Crippen LogP contribution is 2.44. The summed E-state index contributed by atoms with van der Waals surface area (Å²) in [5.41, 5.74) is 1.90. The third-order valence-electron chi connectivity index (χ3n) is 6.26. The fraction of sp³-hybridized carbons (Fsp3) is 0.409. The standard InChI is InChI=1S/C22H24N2O2S/c1-26-18-4-2-3-15(10-18)13-24-20(12-17-7-8-27-22(17)24)21(25)23-19-11-14-5-6-16(19)9-14/h2-4,7-8,10,12,14,16,19H,5-6,9,11,13H2,1H3,(H,23,25)/t14-,16-,19-/m0/s1. The van der Waals surface area contributed by atoms with Crippen molar-refractivity contribution in [1.29, 1.82) is 0 Å². The van der Waals surface area contributed by atoms with Gasteiger partial charge in [0.2, 0.25) is 0 Å². The van der Waals surface area contributed by atoms with Gasteiger partial charge in [-0.1, -0.05) is 18.6 Å². The second-order valence-corrected chi connectivity index (χ2v) is 8.80. The Bertz CT molecular complexity index is 989. The van der Waals surface area contributed by atoms with Crippen LogP contribution in [0.15, 0.2) is 41.8 Å². The van der Waals surface area contributed by atoms with Gasteiger partial charge in [-0.2, -0.15) is 0 Å². The van der Waals surface area contributed by atoms with Gasteiger partial charge in [0.1, 0.15) is 16.3 Å². The zero-order chi connectivity index (χ0) is 18.4. The average molecular weight is 381 g/mol. The number of fused-ring (bicyclic) bond motifs is 3. The van der Waals surface area contributed by atoms with Gasteiger partial charge in [-0.15, -0.1) is 11.3 Å². The number of ether oxygens (including phenoxy) is 1. The molecule has 3 atom stereocenters. The molecule has 0 aliphatic heterocycles. The molecule has 2 fully saturated rings. The summed E-state index contributed by atoms with van der Waals surface area (Å²) in [5, 5.41) is 6.57. The van der Waals surface area contributed by atoms with Crippen molar-refractivity contribution in [3.63, 3.8) is 0 Å². The first-order chi connectivity index (χ1) is 13.2. The first-order valence-corrected chi connectivity index (χ1v) is 10.6. The fourth-order valence-electron chi connectivity index (χ4n) is 4.94. The molecular formula is C22H24N2O2S. The maximum atomic E-state index is 13.1. The molecule has 3 aromatic rings. The third-order valence-corrected chi connectivity index (χ3v) is 7.22. The lowest BCUT2D eigenvalue weighted by atomic mass is 9.95. The molecule has 2 saturated carbocycles. The van der Waals surface area contributed by atoms with Crippen LogP contribution in [0.25, 0.3) is 10.2 Å². The lowest BCUT2D eigenvalue weighted by Gasteiger charge is -2.23. The topological polar surface area (TPSA) is 43.3 Å². The van der Waals surface area contributed by atoms with Crippen LogP contribution in [-0.2, 0) is 6.54 Å². The lowest BCUT2D eigenvalue weighted by molar-refractivity contribution is 0.0914. The number of carbonyl (C=O) groups is 1. The number of hydrogen-bond donors (Lipinski definition) is 1. The van der Waals surface area contributed by atoms with Gasteiger partial charge in [-0.3, -0.25) is 4.79 Å². The first kappa shape index (κ1) is 16.9. The quantitative estimate of drug-likeness (QED) is 0.698. The number of carbonyl (C=O) groups excluding carboxylic acids is 1. The summed E-state index contributed by atoms with van der Waals surface area (Å²) >= 11 is 1.69. The van der Waals surface area contributed by atoms with E-state index >= 15 is 0 Å². The van der Waals surface area contributed by atoms with E-state index in [1.165, 1.54) is 19.3 Å². The average Bonchev–Trinajstić information content (AvgIpc) is 3.44. The SMILES string of the molecule is COc1cccc(Cn2c(C(=O)N[C@H]3C[C@H]4CC[C@H]3C4)cc3ccsc32)c1. The summed E-state index contributed by atoms with van der Waals surface area (Å²) in [6.07, 6.45) is 5.07. The van der Waals surface area contributed by atoms with Crippen LogP contribution in [0.3, 0.4) is 0 Å². The van der Waals surface area contributed by atoms with Gasteiger partial charge in [0.05, 0.1) is 7.11 Å². The molecule has 5 heteroatoms. The summed E-state index contributed by atoms with van der Waals surface area (Å²) in [5.74, 6) is 2.42. The Morgan fingerprint density at radius 1 is 1.26 bits per heavy atom. The zero-order valence-corrected chi connectivity index (χ0v) is 16.3. The van der Waals surface area contributed by atoms with Crippen LogP contribution in [0, 0.1) is 11.8 Å². The monoisotopic (exact) mass is 380 g/mol. The Balaban J connectivity index is 1.44. The van der Waals surface area contributed by atoms with Gasteiger partial charge < -0.3 is 14.6 Å². The summed E-state index contributed by atoms with van der Waals surface area (Å²) in [6.45, 7) is 0.667. The number of aromatic nitrogens is 1. The van der Waals surface area contributed by atoms with Crippen LogP contribution in [0.1, 0.15) is 41.7 Å². The lowest BCUT2D eigenvalue weighted by Crippen LogP contribution is -2.39. The Hall–Kier alpha value is -2.27. The van der Waals surface area contributed by atoms with E-state index in [1.54, 1.807) is 18.4 Å². The smallest absolute Gasteiger partial charge is 0.268 e. The van der Waals surface area contributed by atoms with Crippen LogP contribution in [-0.4, -0.2) is 23.6 Å². The molecular weight excluding hydrogens is 356 g/mol. The number of amides is 1. The molecule has 0 unspecified atom stereocenters. The molecule has 2 heterocycles. The van der Waals surface area contributed by atoms with Crippen LogP contribution in [0.5, 0.6) is 5.75 Å². The highest BCUT2D eigenvalue weighted by Gasteiger charge is 2.40. The fourth-order valence-corrected chi connectivity index (χ4v) is 5.83. The molecule has 1 aromatic carbocycles. The van der Waals surface area contributed by atoms with Crippen molar-refractivity contribution in [3.05, 3.63) is 53.0 Å². The van der Waals surface area contributed by atoms with Crippen LogP contribution < -0.4 is 10.1 Å². The van der Waals surface area contributed by atoms with E-state index < -0.39 is 0 Å². The molecule has 140 valence electrons. The minimum atomic E-state index is 0.0684. The predicted octanol–water partition coefficient (Wildman–Crippen LogP) is 4.68. The summed E-state index contributed by atoms with van der Waals surface area (Å²) < 4.78 is 7.51. The summed E-state index contributed by atoms with van der Waals surface area (Å²) in [6, 6.07) is 12.6. The largest absolute Gasteiger partial charge is 0.497 e. The molecule has 0 saturated heterocycles. The van der Waals surface area contributed by atoms with Gasteiger partial charge in [0, 0.05) is 18.0 Å². The first-order valence-electron chi connectivity index (χ1n) is 9.72. The maximum Gasteiger partial charge on any atom is 0.268 e. The second kappa shape index (κ2) is 6.71. The van der Waals surface area contributed by atoms with Gasteiger partial charge >= 0.3 is 0 Å². The minimum Gasteiger partial charge on any atom is -0.497 e. The van der Waals surface area contributed by atoms with Gasteiger partial charge in [-0.25, -0.2) is 0 Å². The number of nitrogens with zero attached hydrogens (tertiary/aromatic N) is 1. The zero-order valence-electron chi connectivity index (χ0n) is 15.5. The van der Waals surface area contributed by atoms with E-state index in [-0.39, 0.29) is 5.91 Å². The molecule has 2 aliphatic rings. The summed E-state index contributed by atoms with van der Waals surface area (Å²) in [7, 11) is 1.68. The number of rotatable bonds is 5. The second-order valence-electron chi connectivity index (χ2n) is 7.90. The van der Waals surface area contributed by atoms with E-state index in [9.17, 15) is 4.79 Å². The number of benzene rings is 1. The molecule has 0 radical (unpaired) electrons. The van der Waals surface area contributed by atoms with Crippen molar-refractivity contribution in [2.24, 2.45) is 11.8 Å². The predicted molar refractivity (Wildman–Crippen MR) is 109 cm³/mol. The molecule has 2 aliphatic carbocycles. The van der Waals surface area contributed by atoms with Crippen LogP contribution >= 0.6 is 11.3 Å². The third kappa shape index (κ3) is 3.04. The Kier molecular flexibility index (Phi) is 4.20. The Labute approximate surface area is 163 Å². The molecule has 5 rings (SSSR count). The van der Waals surface area contributed by atoms with Crippen molar-refractivity contribution in [2.45, 2.75) is 38.3 Å². The molecule has 1 N–H and O–H groups in total. The molecule has 2 bridgehead atoms. The number of hydrogen-bond acceptors (Lipinski definition) is 3. The number of thiophene rings is 1. The van der Waals surface area contributed by atoms with E-state index in [0.29, 0.717) is 18.5 Å². The summed E-state index contributed by atoms with van der Waals surface area (Å²) in [4.78, 5) is 14.3. The highest BCUT2D eigenvalue weighted by atomic mass is 32.1. The Morgan fingerprint density at radius 3 is 2.96 bits per heavy atom. The van der Waals surface area contributed by atoms with Gasteiger partial charge in [-0.05, 0) is 66.3 Å². The van der Waals surface area contributed by atoms with E-state index in [1.807, 2.05) is 24.3 Å². The van der Waals surface area contributed by atoms with Crippen LogP contribution in [0.2, 0.25) is 0 Å². The maximum absolute atomic E-state index is 13.1. The van der Waals surface area contributed by atoms with E-state index in [0.717, 1.165) is 39.6 Å². The molecule has 4 nitrogen and oxygen atoms in total. The normalized spacial score (nSPS) is 23.8. The number of nitrogens with one attached hydrogen (secondary N) is 1. The molecule has 27 heavy (non-hydrogen) atoms. The molecule has 2 aromatic heterocycles. The van der Waals surface area contributed by atoms with Crippen molar-refractivity contribution >= 4 is 27.5 Å². The minimum absolute atomic E-state index is 0.0684. The van der Waals surface area contributed by atoms with Gasteiger partial charge in [0.15, 0.2) is 0 Å². The van der Waals surface area contributed by atoms with Crippen molar-refractivity contribution in [2.75, 3.05) is 7.11 Å².